The van der Waals surface area contributed by atoms with Gasteiger partial charge in [-0.1, -0.05) is 30.4 Å². The van der Waals surface area contributed by atoms with Gasteiger partial charge in [-0.25, -0.2) is 0 Å². The first-order chi connectivity index (χ1) is 11.6. The fourth-order valence-electron chi connectivity index (χ4n) is 3.31. The third kappa shape index (κ3) is 3.37. The third-order valence-corrected chi connectivity index (χ3v) is 4.81. The molecule has 0 amide bonds. The molecule has 3 rings (SSSR count). The minimum Gasteiger partial charge on any atom is -0.497 e. The highest BCUT2D eigenvalue weighted by Crippen LogP contribution is 2.28. The van der Waals surface area contributed by atoms with Crippen molar-refractivity contribution in [3.63, 3.8) is 0 Å². The molecule has 126 valence electrons. The van der Waals surface area contributed by atoms with Crippen LogP contribution in [0.4, 0.5) is 0 Å². The summed E-state index contributed by atoms with van der Waals surface area (Å²) in [7, 11) is 1.69. The number of rotatable bonds is 4. The predicted octanol–water partition coefficient (Wildman–Crippen LogP) is 3.70. The lowest BCUT2D eigenvalue weighted by molar-refractivity contribution is 0.280. The molecular weight excluding hydrogens is 298 g/mol. The summed E-state index contributed by atoms with van der Waals surface area (Å²) in [6.07, 6.45) is 5.41. The number of aliphatic hydroxyl groups excluding tert-OH is 1. The summed E-state index contributed by atoms with van der Waals surface area (Å²) in [4.78, 5) is 0. The Morgan fingerprint density at radius 1 is 1.21 bits per heavy atom. The number of benzene rings is 2. The van der Waals surface area contributed by atoms with E-state index in [0.29, 0.717) is 0 Å². The average molecular weight is 323 g/mol. The summed E-state index contributed by atoms with van der Waals surface area (Å²) < 4.78 is 5.27. The number of hydrogen-bond acceptors (Lipinski definition) is 3. The normalized spacial score (nSPS) is 17.1. The first-order valence-electron chi connectivity index (χ1n) is 8.41. The molecule has 2 N–H and O–H groups in total. The lowest BCUT2D eigenvalue weighted by Gasteiger charge is -2.26. The first kappa shape index (κ1) is 16.7. The first-order valence-corrected chi connectivity index (χ1v) is 8.41. The Morgan fingerprint density at radius 3 is 2.75 bits per heavy atom. The number of aryl methyl sites for hydroxylation is 2. The Hall–Kier alpha value is -2.10. The van der Waals surface area contributed by atoms with Crippen molar-refractivity contribution in [1.82, 2.24) is 5.32 Å². The van der Waals surface area contributed by atoms with Crippen LogP contribution in [0.5, 0.6) is 5.75 Å². The molecule has 0 radical (unpaired) electrons. The van der Waals surface area contributed by atoms with Crippen molar-refractivity contribution in [2.45, 2.75) is 32.9 Å². The molecule has 1 atom stereocenters. The maximum atomic E-state index is 9.55. The lowest BCUT2D eigenvalue weighted by atomic mass is 9.89. The summed E-state index contributed by atoms with van der Waals surface area (Å²) in [5.41, 5.74) is 7.23. The van der Waals surface area contributed by atoms with Crippen LogP contribution in [0, 0.1) is 13.8 Å². The van der Waals surface area contributed by atoms with Crippen LogP contribution in [-0.4, -0.2) is 18.8 Å². The van der Waals surface area contributed by atoms with Gasteiger partial charge in [-0.15, -0.1) is 0 Å². The van der Waals surface area contributed by atoms with Crippen molar-refractivity contribution in [1.29, 1.82) is 0 Å². The van der Waals surface area contributed by atoms with Gasteiger partial charge in [0.05, 0.1) is 19.8 Å². The Bertz CT molecular complexity index is 765. The lowest BCUT2D eigenvalue weighted by Crippen LogP contribution is -2.28. The van der Waals surface area contributed by atoms with Crippen LogP contribution in [0.2, 0.25) is 0 Å². The molecule has 0 saturated carbocycles. The Kier molecular flexibility index (Phi) is 5.03. The maximum absolute atomic E-state index is 9.55. The molecule has 1 aliphatic heterocycles. The number of methoxy groups -OCH3 is 1. The summed E-state index contributed by atoms with van der Waals surface area (Å²) >= 11 is 0. The van der Waals surface area contributed by atoms with Crippen LogP contribution >= 0.6 is 0 Å². The van der Waals surface area contributed by atoms with E-state index < -0.39 is 0 Å². The Morgan fingerprint density at radius 2 is 2.04 bits per heavy atom. The van der Waals surface area contributed by atoms with Crippen LogP contribution < -0.4 is 10.1 Å². The van der Waals surface area contributed by atoms with E-state index in [-0.39, 0.29) is 12.6 Å². The van der Waals surface area contributed by atoms with Gasteiger partial charge in [0.2, 0.25) is 0 Å². The molecule has 24 heavy (non-hydrogen) atoms. The molecule has 0 spiro atoms. The van der Waals surface area contributed by atoms with Crippen molar-refractivity contribution in [3.05, 3.63) is 69.8 Å². The van der Waals surface area contributed by atoms with E-state index in [1.165, 1.54) is 27.8 Å². The monoisotopic (exact) mass is 323 g/mol. The highest BCUT2D eigenvalue weighted by atomic mass is 16.5. The van der Waals surface area contributed by atoms with Gasteiger partial charge in [-0.05, 0) is 65.8 Å². The van der Waals surface area contributed by atoms with Crippen molar-refractivity contribution in [3.8, 4) is 5.75 Å². The topological polar surface area (TPSA) is 41.5 Å². The predicted molar refractivity (Wildman–Crippen MR) is 98.3 cm³/mol. The quantitative estimate of drug-likeness (QED) is 0.901. The Balaban J connectivity index is 1.89. The van der Waals surface area contributed by atoms with Crippen molar-refractivity contribution in [2.24, 2.45) is 0 Å². The van der Waals surface area contributed by atoms with Crippen LogP contribution in [0.25, 0.3) is 6.08 Å². The number of fused-ring (bicyclic) bond motifs is 1. The zero-order valence-corrected chi connectivity index (χ0v) is 14.6. The van der Waals surface area contributed by atoms with E-state index in [0.717, 1.165) is 24.3 Å². The summed E-state index contributed by atoms with van der Waals surface area (Å²) in [5, 5.41) is 13.1. The van der Waals surface area contributed by atoms with Crippen LogP contribution in [-0.2, 0) is 13.0 Å². The van der Waals surface area contributed by atoms with E-state index in [9.17, 15) is 5.11 Å². The molecule has 0 aliphatic carbocycles. The molecule has 2 aromatic rings. The van der Waals surface area contributed by atoms with Crippen molar-refractivity contribution < 1.29 is 9.84 Å². The molecule has 1 aliphatic rings. The second-order valence-corrected chi connectivity index (χ2v) is 6.40. The number of ether oxygens (including phenoxy) is 1. The average Bonchev–Trinajstić information content (AvgIpc) is 2.59. The fourth-order valence-corrected chi connectivity index (χ4v) is 3.31. The fraction of sp³-hybridized carbons (Fsp3) is 0.333. The summed E-state index contributed by atoms with van der Waals surface area (Å²) in [6, 6.07) is 10.7. The van der Waals surface area contributed by atoms with Gasteiger partial charge in [0, 0.05) is 6.54 Å². The molecule has 0 aromatic heterocycles. The van der Waals surface area contributed by atoms with E-state index in [2.05, 4.69) is 55.6 Å². The number of aliphatic hydroxyl groups is 1. The van der Waals surface area contributed by atoms with Gasteiger partial charge in [-0.3, -0.25) is 0 Å². The minimum atomic E-state index is 0.0904. The van der Waals surface area contributed by atoms with Gasteiger partial charge in [0.15, 0.2) is 0 Å². The third-order valence-electron chi connectivity index (χ3n) is 4.81. The van der Waals surface area contributed by atoms with Crippen LogP contribution in [0.3, 0.4) is 0 Å². The molecule has 0 bridgehead atoms. The van der Waals surface area contributed by atoms with Crippen LogP contribution in [0.15, 0.2) is 36.4 Å². The van der Waals surface area contributed by atoms with Crippen molar-refractivity contribution >= 4 is 6.08 Å². The smallest absolute Gasteiger partial charge is 0.119 e. The van der Waals surface area contributed by atoms with E-state index in [1.807, 2.05) is 6.07 Å². The van der Waals surface area contributed by atoms with E-state index in [4.69, 9.17) is 4.74 Å². The Labute approximate surface area is 144 Å². The zero-order chi connectivity index (χ0) is 17.1. The van der Waals surface area contributed by atoms with E-state index >= 15 is 0 Å². The second-order valence-electron chi connectivity index (χ2n) is 6.40. The highest BCUT2D eigenvalue weighted by Gasteiger charge is 2.18. The maximum Gasteiger partial charge on any atom is 0.119 e. The van der Waals surface area contributed by atoms with Gasteiger partial charge in [0.25, 0.3) is 0 Å². The molecule has 3 heteroatoms. The standard InChI is InChI=1S/C21H25NO2/c1-14-10-17-8-9-22-21(20(17)12-18(14)13-23)7-5-16-4-6-19(24-3)11-15(16)2/h4-7,10-12,21-23H,8-9,13H2,1-3H3/b7-5+. The number of hydrogen-bond donors (Lipinski definition) is 2. The molecule has 2 aromatic carbocycles. The zero-order valence-electron chi connectivity index (χ0n) is 14.6. The van der Waals surface area contributed by atoms with Gasteiger partial charge >= 0.3 is 0 Å². The van der Waals surface area contributed by atoms with Gasteiger partial charge in [0.1, 0.15) is 5.75 Å². The van der Waals surface area contributed by atoms with E-state index in [1.54, 1.807) is 7.11 Å². The molecule has 1 unspecified atom stereocenters. The molecular formula is C21H25NO2. The molecule has 1 heterocycles. The SMILES string of the molecule is COc1ccc(/C=C/C2NCCc3cc(C)c(CO)cc32)c(C)c1. The van der Waals surface area contributed by atoms with Gasteiger partial charge in [-0.2, -0.15) is 0 Å². The molecule has 0 fully saturated rings. The number of nitrogens with one attached hydrogen (secondary N) is 1. The summed E-state index contributed by atoms with van der Waals surface area (Å²) in [6.45, 7) is 5.23. The molecule has 0 saturated heterocycles. The van der Waals surface area contributed by atoms with Crippen LogP contribution in [0.1, 0.15) is 39.4 Å². The van der Waals surface area contributed by atoms with Gasteiger partial charge < -0.3 is 15.2 Å². The minimum absolute atomic E-state index is 0.0904. The summed E-state index contributed by atoms with van der Waals surface area (Å²) in [5.74, 6) is 0.883. The van der Waals surface area contributed by atoms with Crippen molar-refractivity contribution in [2.75, 3.05) is 13.7 Å². The largest absolute Gasteiger partial charge is 0.497 e. The molecule has 3 nitrogen and oxygen atoms in total. The highest BCUT2D eigenvalue weighted by molar-refractivity contribution is 5.57. The second kappa shape index (κ2) is 7.20.